The van der Waals surface area contributed by atoms with Gasteiger partial charge in [-0.1, -0.05) is 18.2 Å². The number of aldehydes is 1. The topological polar surface area (TPSA) is 110 Å². The van der Waals surface area contributed by atoms with Crippen molar-refractivity contribution in [2.45, 2.75) is 38.8 Å². The van der Waals surface area contributed by atoms with Crippen molar-refractivity contribution in [3.8, 4) is 11.4 Å². The number of tetrazole rings is 1. The van der Waals surface area contributed by atoms with E-state index in [-0.39, 0.29) is 0 Å². The Morgan fingerprint density at radius 1 is 1.30 bits per heavy atom. The number of carbonyl (C=O) groups excluding carboxylic acids is 2. The molecular formula is C15H19N5O3. The molecule has 0 saturated heterocycles. The molecule has 122 valence electrons. The van der Waals surface area contributed by atoms with Crippen molar-refractivity contribution in [1.82, 2.24) is 25.9 Å². The fourth-order valence-corrected chi connectivity index (χ4v) is 1.95. The molecule has 1 atom stereocenters. The van der Waals surface area contributed by atoms with E-state index in [1.807, 2.05) is 0 Å². The van der Waals surface area contributed by atoms with Gasteiger partial charge in [0.15, 0.2) is 0 Å². The number of rotatable bonds is 4. The zero-order chi connectivity index (χ0) is 17.1. The molecule has 1 amide bonds. The lowest BCUT2D eigenvalue weighted by atomic mass is 9.92. The number of ether oxygens (including phenoxy) is 1. The minimum atomic E-state index is -1.23. The molecule has 0 spiro atoms. The third-order valence-corrected chi connectivity index (χ3v) is 3.06. The molecule has 8 nitrogen and oxygen atoms in total. The van der Waals surface area contributed by atoms with Crippen molar-refractivity contribution in [2.24, 2.45) is 0 Å². The molecule has 0 saturated carbocycles. The molecule has 0 fully saturated rings. The summed E-state index contributed by atoms with van der Waals surface area (Å²) >= 11 is 0. The Morgan fingerprint density at radius 3 is 2.61 bits per heavy atom. The van der Waals surface area contributed by atoms with Gasteiger partial charge >= 0.3 is 6.09 Å². The average Bonchev–Trinajstić information content (AvgIpc) is 2.99. The molecular weight excluding hydrogens is 298 g/mol. The predicted octanol–water partition coefficient (Wildman–Crippen LogP) is 1.81. The van der Waals surface area contributed by atoms with Gasteiger partial charge in [0.2, 0.25) is 5.82 Å². The molecule has 0 bridgehead atoms. The maximum atomic E-state index is 12.0. The van der Waals surface area contributed by atoms with Crippen LogP contribution in [0, 0.1) is 0 Å². The first-order valence-corrected chi connectivity index (χ1v) is 7.05. The smallest absolute Gasteiger partial charge is 0.408 e. The molecule has 1 aromatic heterocycles. The van der Waals surface area contributed by atoms with Crippen molar-refractivity contribution in [1.29, 1.82) is 0 Å². The maximum Gasteiger partial charge on any atom is 0.408 e. The average molecular weight is 317 g/mol. The van der Waals surface area contributed by atoms with Crippen molar-refractivity contribution < 1.29 is 14.3 Å². The second kappa shape index (κ2) is 6.15. The number of aromatic nitrogens is 4. The highest BCUT2D eigenvalue weighted by Crippen LogP contribution is 2.24. The number of hydrogen-bond acceptors (Lipinski definition) is 6. The lowest BCUT2D eigenvalue weighted by molar-refractivity contribution is -0.113. The van der Waals surface area contributed by atoms with Gasteiger partial charge in [-0.25, -0.2) is 4.79 Å². The summed E-state index contributed by atoms with van der Waals surface area (Å²) in [5, 5.41) is 16.3. The molecule has 2 N–H and O–H groups in total. The van der Waals surface area contributed by atoms with Crippen molar-refractivity contribution >= 4 is 12.4 Å². The van der Waals surface area contributed by atoms with Crippen molar-refractivity contribution in [2.75, 3.05) is 0 Å². The van der Waals surface area contributed by atoms with Crippen LogP contribution in [0.1, 0.15) is 33.3 Å². The number of H-pyrrole nitrogens is 1. The van der Waals surface area contributed by atoms with Crippen molar-refractivity contribution in [3.05, 3.63) is 29.8 Å². The van der Waals surface area contributed by atoms with Crippen LogP contribution in [0.3, 0.4) is 0 Å². The molecule has 0 aliphatic rings. The van der Waals surface area contributed by atoms with Gasteiger partial charge in [-0.2, -0.15) is 5.21 Å². The zero-order valence-corrected chi connectivity index (χ0v) is 13.5. The number of nitrogens with zero attached hydrogens (tertiary/aromatic N) is 3. The summed E-state index contributed by atoms with van der Waals surface area (Å²) in [6, 6.07) is 6.98. The van der Waals surface area contributed by atoms with E-state index in [0.717, 1.165) is 0 Å². The van der Waals surface area contributed by atoms with Crippen LogP contribution in [0.15, 0.2) is 24.3 Å². The Labute approximate surface area is 133 Å². The minimum absolute atomic E-state index is 0.400. The third-order valence-electron chi connectivity index (χ3n) is 3.06. The molecule has 0 radical (unpaired) electrons. The molecule has 23 heavy (non-hydrogen) atoms. The van der Waals surface area contributed by atoms with Gasteiger partial charge in [-0.3, -0.25) is 0 Å². The standard InChI is InChI=1S/C15H19N5O3/c1-14(2,3)23-13(22)16-15(4,9-21)11-7-5-6-10(8-11)12-17-19-20-18-12/h5-9H,1-4H3,(H,16,22)(H,17,18,19,20). The molecule has 1 heterocycles. The summed E-state index contributed by atoms with van der Waals surface area (Å²) in [6.45, 7) is 6.85. The summed E-state index contributed by atoms with van der Waals surface area (Å²) in [5.74, 6) is 0.400. The van der Waals surface area contributed by atoms with E-state index in [4.69, 9.17) is 4.74 Å². The Hall–Kier alpha value is -2.77. The normalized spacial score (nSPS) is 13.9. The number of amides is 1. The Kier molecular flexibility index (Phi) is 4.44. The molecule has 8 heteroatoms. The largest absolute Gasteiger partial charge is 0.444 e. The second-order valence-electron chi connectivity index (χ2n) is 6.26. The number of alkyl carbamates (subject to hydrolysis) is 1. The van der Waals surface area contributed by atoms with Crippen LogP contribution in [0.4, 0.5) is 4.79 Å². The fraction of sp³-hybridized carbons (Fsp3) is 0.400. The summed E-state index contributed by atoms with van der Waals surface area (Å²) in [5.41, 5.74) is -0.626. The molecule has 2 rings (SSSR count). The Morgan fingerprint density at radius 2 is 2.04 bits per heavy atom. The van der Waals surface area contributed by atoms with E-state index < -0.39 is 17.2 Å². The highest BCUT2D eigenvalue weighted by molar-refractivity contribution is 5.78. The van der Waals surface area contributed by atoms with Gasteiger partial charge in [0.25, 0.3) is 0 Å². The summed E-state index contributed by atoms with van der Waals surface area (Å²) in [6.07, 6.45) is -0.0104. The molecule has 0 aliphatic heterocycles. The van der Waals surface area contributed by atoms with Crippen LogP contribution in [0.2, 0.25) is 0 Å². The van der Waals surface area contributed by atoms with Crippen LogP contribution in [0.25, 0.3) is 11.4 Å². The molecule has 2 aromatic rings. The number of nitrogens with one attached hydrogen (secondary N) is 2. The highest BCUT2D eigenvalue weighted by Gasteiger charge is 2.31. The number of carbonyl (C=O) groups is 2. The van der Waals surface area contributed by atoms with Crippen LogP contribution in [0.5, 0.6) is 0 Å². The summed E-state index contributed by atoms with van der Waals surface area (Å²) < 4.78 is 5.21. The monoisotopic (exact) mass is 317 g/mol. The van der Waals surface area contributed by atoms with E-state index in [1.165, 1.54) is 0 Å². The zero-order valence-electron chi connectivity index (χ0n) is 13.5. The SMILES string of the molecule is CC(C)(C)OC(=O)NC(C)(C=O)c1cccc(-c2nn[nH]n2)c1. The van der Waals surface area contributed by atoms with E-state index >= 15 is 0 Å². The predicted molar refractivity (Wildman–Crippen MR) is 82.4 cm³/mol. The van der Waals surface area contributed by atoms with E-state index in [1.54, 1.807) is 52.0 Å². The van der Waals surface area contributed by atoms with Gasteiger partial charge in [-0.15, -0.1) is 10.2 Å². The molecule has 1 unspecified atom stereocenters. The summed E-state index contributed by atoms with van der Waals surface area (Å²) in [7, 11) is 0. The van der Waals surface area contributed by atoms with E-state index in [2.05, 4.69) is 25.9 Å². The van der Waals surface area contributed by atoms with Gasteiger partial charge in [-0.05, 0) is 44.5 Å². The number of hydrogen-bond donors (Lipinski definition) is 2. The minimum Gasteiger partial charge on any atom is -0.444 e. The first-order valence-electron chi connectivity index (χ1n) is 7.05. The number of benzene rings is 1. The second-order valence-corrected chi connectivity index (χ2v) is 6.26. The molecule has 1 aromatic carbocycles. The Balaban J connectivity index is 2.27. The van der Waals surface area contributed by atoms with Crippen LogP contribution >= 0.6 is 0 Å². The lowest BCUT2D eigenvalue weighted by Crippen LogP contribution is -2.46. The van der Waals surface area contributed by atoms with E-state index in [0.29, 0.717) is 23.2 Å². The highest BCUT2D eigenvalue weighted by atomic mass is 16.6. The van der Waals surface area contributed by atoms with Crippen molar-refractivity contribution in [3.63, 3.8) is 0 Å². The summed E-state index contributed by atoms with van der Waals surface area (Å²) in [4.78, 5) is 23.6. The third kappa shape index (κ3) is 4.12. The first kappa shape index (κ1) is 16.6. The van der Waals surface area contributed by atoms with Crippen LogP contribution in [-0.4, -0.2) is 38.6 Å². The Bertz CT molecular complexity index is 693. The quantitative estimate of drug-likeness (QED) is 0.832. The molecule has 0 aliphatic carbocycles. The van der Waals surface area contributed by atoms with Gasteiger partial charge in [0.05, 0.1) is 0 Å². The maximum absolute atomic E-state index is 12.0. The lowest BCUT2D eigenvalue weighted by Gasteiger charge is -2.28. The fourth-order valence-electron chi connectivity index (χ4n) is 1.95. The first-order chi connectivity index (χ1) is 10.7. The van der Waals surface area contributed by atoms with Gasteiger partial charge in [0.1, 0.15) is 17.4 Å². The van der Waals surface area contributed by atoms with Crippen LogP contribution in [-0.2, 0) is 15.1 Å². The van der Waals surface area contributed by atoms with Gasteiger partial charge in [0, 0.05) is 5.56 Å². The van der Waals surface area contributed by atoms with Crippen LogP contribution < -0.4 is 5.32 Å². The number of aromatic amines is 1. The van der Waals surface area contributed by atoms with Gasteiger partial charge < -0.3 is 14.8 Å². The van der Waals surface area contributed by atoms with E-state index in [9.17, 15) is 9.59 Å².